The standard InChI is InChI=1S/C31H31F4N5O3S/c1-14(2)10-21-24(29(36)41)25(22-8-9-23(44-22)30(42)37-13-18-6-7-19(32)20(33)12-18)26(31-40-39-17(5)43-31)27(38-21)15(3)11-16(4)28(34)35/h6-9,12,14-15,28H,4,10-11,13H2,1-3,5H3,(H2,36,41)(H,37,42). The van der Waals surface area contributed by atoms with Crippen LogP contribution in [0, 0.1) is 24.5 Å². The SMILES string of the molecule is C=C(CC(C)c1nc(CC(C)C)c(C(N)=O)c(-c2ccc(C(=O)NCc3ccc(F)c(F)c3)s2)c1-c1nnc(C)o1)C(F)F. The Bertz CT molecular complexity index is 1720. The first-order valence-corrected chi connectivity index (χ1v) is 14.5. The van der Waals surface area contributed by atoms with Crippen LogP contribution in [-0.2, 0) is 13.0 Å². The van der Waals surface area contributed by atoms with E-state index in [1.54, 1.807) is 26.0 Å². The van der Waals surface area contributed by atoms with Crippen LogP contribution in [0.2, 0.25) is 0 Å². The van der Waals surface area contributed by atoms with Gasteiger partial charge in [0.25, 0.3) is 18.2 Å². The number of aryl methyl sites for hydroxylation is 1. The van der Waals surface area contributed by atoms with Crippen LogP contribution in [0.25, 0.3) is 21.9 Å². The van der Waals surface area contributed by atoms with Gasteiger partial charge >= 0.3 is 0 Å². The zero-order chi connectivity index (χ0) is 32.3. The summed E-state index contributed by atoms with van der Waals surface area (Å²) in [5, 5.41) is 10.7. The molecule has 3 N–H and O–H groups in total. The smallest absolute Gasteiger partial charge is 0.261 e. The lowest BCUT2D eigenvalue weighted by Gasteiger charge is -2.22. The highest BCUT2D eigenvalue weighted by Gasteiger charge is 2.31. The van der Waals surface area contributed by atoms with Crippen molar-refractivity contribution in [2.45, 2.75) is 59.4 Å². The Hall–Kier alpha value is -4.39. The molecule has 1 aromatic carbocycles. The van der Waals surface area contributed by atoms with Crippen LogP contribution in [0.5, 0.6) is 0 Å². The van der Waals surface area contributed by atoms with Crippen molar-refractivity contribution in [3.8, 4) is 21.9 Å². The summed E-state index contributed by atoms with van der Waals surface area (Å²) < 4.78 is 59.7. The van der Waals surface area contributed by atoms with E-state index in [0.717, 1.165) is 23.5 Å². The molecule has 232 valence electrons. The van der Waals surface area contributed by atoms with Gasteiger partial charge in [0.1, 0.15) is 0 Å². The largest absolute Gasteiger partial charge is 0.421 e. The molecule has 0 spiro atoms. The minimum atomic E-state index is -2.74. The molecule has 4 rings (SSSR count). The maximum atomic E-state index is 13.6. The Morgan fingerprint density at radius 1 is 1.07 bits per heavy atom. The molecule has 0 radical (unpaired) electrons. The number of carbonyl (C=O) groups excluding carboxylic acids is 2. The summed E-state index contributed by atoms with van der Waals surface area (Å²) in [4.78, 5) is 31.6. The van der Waals surface area contributed by atoms with Crippen molar-refractivity contribution in [3.05, 3.63) is 87.4 Å². The van der Waals surface area contributed by atoms with Crippen molar-refractivity contribution < 1.29 is 31.6 Å². The first-order valence-electron chi connectivity index (χ1n) is 13.7. The maximum Gasteiger partial charge on any atom is 0.261 e. The van der Waals surface area contributed by atoms with Crippen LogP contribution in [-0.4, -0.2) is 33.4 Å². The quantitative estimate of drug-likeness (QED) is 0.129. The zero-order valence-corrected chi connectivity index (χ0v) is 25.3. The van der Waals surface area contributed by atoms with Crippen molar-refractivity contribution in [1.82, 2.24) is 20.5 Å². The first-order chi connectivity index (χ1) is 20.8. The molecule has 0 fully saturated rings. The lowest BCUT2D eigenvalue weighted by Crippen LogP contribution is -2.22. The second kappa shape index (κ2) is 13.5. The van der Waals surface area contributed by atoms with Gasteiger partial charge in [-0.15, -0.1) is 21.5 Å². The number of halogens is 4. The van der Waals surface area contributed by atoms with E-state index in [1.807, 2.05) is 13.8 Å². The van der Waals surface area contributed by atoms with Gasteiger partial charge in [-0.25, -0.2) is 17.6 Å². The van der Waals surface area contributed by atoms with Crippen LogP contribution >= 0.6 is 11.3 Å². The van der Waals surface area contributed by atoms with Gasteiger partial charge in [0, 0.05) is 29.8 Å². The number of nitrogens with two attached hydrogens (primary N) is 1. The molecule has 3 aromatic heterocycles. The average Bonchev–Trinajstić information content (AvgIpc) is 3.61. The number of nitrogens with one attached hydrogen (secondary N) is 1. The first kappa shape index (κ1) is 32.5. The molecule has 13 heteroatoms. The molecular weight excluding hydrogens is 598 g/mol. The monoisotopic (exact) mass is 629 g/mol. The summed E-state index contributed by atoms with van der Waals surface area (Å²) in [5.41, 5.74) is 7.34. The third-order valence-electron chi connectivity index (χ3n) is 6.75. The van der Waals surface area contributed by atoms with Gasteiger partial charge in [-0.3, -0.25) is 14.6 Å². The molecule has 0 aliphatic rings. The number of carbonyl (C=O) groups is 2. The second-order valence-corrected chi connectivity index (χ2v) is 11.9. The van der Waals surface area contributed by atoms with E-state index >= 15 is 0 Å². The van der Waals surface area contributed by atoms with Crippen molar-refractivity contribution in [1.29, 1.82) is 0 Å². The van der Waals surface area contributed by atoms with Crippen molar-refractivity contribution in [2.75, 3.05) is 0 Å². The Morgan fingerprint density at radius 2 is 1.80 bits per heavy atom. The number of hydrogen-bond acceptors (Lipinski definition) is 7. The minimum absolute atomic E-state index is 0.00541. The van der Waals surface area contributed by atoms with Gasteiger partial charge in [-0.1, -0.05) is 33.4 Å². The minimum Gasteiger partial charge on any atom is -0.421 e. The fraction of sp³-hybridized carbons (Fsp3) is 0.323. The zero-order valence-electron chi connectivity index (χ0n) is 24.5. The van der Waals surface area contributed by atoms with E-state index < -0.39 is 35.8 Å². The summed E-state index contributed by atoms with van der Waals surface area (Å²) in [6.07, 6.45) is -2.50. The summed E-state index contributed by atoms with van der Waals surface area (Å²) >= 11 is 1.04. The molecule has 3 heterocycles. The van der Waals surface area contributed by atoms with Crippen LogP contribution in [0.4, 0.5) is 17.6 Å². The summed E-state index contributed by atoms with van der Waals surface area (Å²) in [6.45, 7) is 10.6. The van der Waals surface area contributed by atoms with Gasteiger partial charge in [-0.05, 0) is 54.2 Å². The lowest BCUT2D eigenvalue weighted by atomic mass is 9.87. The molecule has 8 nitrogen and oxygen atoms in total. The van der Waals surface area contributed by atoms with Crippen molar-refractivity contribution in [3.63, 3.8) is 0 Å². The van der Waals surface area contributed by atoms with E-state index in [-0.39, 0.29) is 52.2 Å². The molecule has 4 aromatic rings. The Labute approximate surface area is 255 Å². The van der Waals surface area contributed by atoms with Gasteiger partial charge in [0.15, 0.2) is 11.6 Å². The highest BCUT2D eigenvalue weighted by molar-refractivity contribution is 7.17. The topological polar surface area (TPSA) is 124 Å². The molecule has 0 aliphatic carbocycles. The number of rotatable bonds is 12. The molecular formula is C31H31F4N5O3S. The second-order valence-electron chi connectivity index (χ2n) is 10.8. The fourth-order valence-corrected chi connectivity index (χ4v) is 5.74. The number of benzene rings is 1. The highest BCUT2D eigenvalue weighted by Crippen LogP contribution is 2.44. The number of pyridine rings is 1. The number of alkyl halides is 2. The normalized spacial score (nSPS) is 12.1. The summed E-state index contributed by atoms with van der Waals surface area (Å²) in [7, 11) is 0. The fourth-order valence-electron chi connectivity index (χ4n) is 4.76. The van der Waals surface area contributed by atoms with E-state index in [0.29, 0.717) is 33.8 Å². The Kier molecular flexibility index (Phi) is 9.98. The van der Waals surface area contributed by atoms with Crippen molar-refractivity contribution in [2.24, 2.45) is 11.7 Å². The molecule has 44 heavy (non-hydrogen) atoms. The number of nitrogens with zero attached hydrogens (tertiary/aromatic N) is 3. The summed E-state index contributed by atoms with van der Waals surface area (Å²) in [6, 6.07) is 6.48. The molecule has 1 atom stereocenters. The molecule has 0 bridgehead atoms. The molecule has 1 unspecified atom stereocenters. The third-order valence-corrected chi connectivity index (χ3v) is 7.85. The summed E-state index contributed by atoms with van der Waals surface area (Å²) in [5.74, 6) is -3.65. The van der Waals surface area contributed by atoms with Crippen molar-refractivity contribution >= 4 is 23.2 Å². The molecule has 0 aliphatic heterocycles. The van der Waals surface area contributed by atoms with E-state index in [9.17, 15) is 27.2 Å². The van der Waals surface area contributed by atoms with Gasteiger partial charge < -0.3 is 15.5 Å². The number of amides is 2. The Balaban J connectivity index is 1.87. The highest BCUT2D eigenvalue weighted by atomic mass is 32.1. The van der Waals surface area contributed by atoms with Crippen LogP contribution < -0.4 is 11.1 Å². The van der Waals surface area contributed by atoms with E-state index in [2.05, 4.69) is 22.1 Å². The number of allylic oxidation sites excluding steroid dienone is 1. The molecule has 2 amide bonds. The maximum absolute atomic E-state index is 13.6. The number of aromatic nitrogens is 3. The average molecular weight is 630 g/mol. The number of thiophene rings is 1. The van der Waals surface area contributed by atoms with Crippen LogP contribution in [0.15, 0.2) is 46.9 Å². The lowest BCUT2D eigenvalue weighted by molar-refractivity contribution is 0.0953. The van der Waals surface area contributed by atoms with Gasteiger partial charge in [-0.2, -0.15) is 0 Å². The Morgan fingerprint density at radius 3 is 2.39 bits per heavy atom. The van der Waals surface area contributed by atoms with Crippen LogP contribution in [0.1, 0.15) is 76.0 Å². The third kappa shape index (κ3) is 7.21. The van der Waals surface area contributed by atoms with Gasteiger partial charge in [0.2, 0.25) is 11.8 Å². The van der Waals surface area contributed by atoms with Crippen LogP contribution in [0.3, 0.4) is 0 Å². The van der Waals surface area contributed by atoms with E-state index in [1.165, 1.54) is 6.07 Å². The number of hydrogen-bond donors (Lipinski definition) is 2. The molecule has 0 saturated heterocycles. The number of primary amides is 1. The molecule has 0 saturated carbocycles. The van der Waals surface area contributed by atoms with Gasteiger partial charge in [0.05, 0.1) is 27.4 Å². The van der Waals surface area contributed by atoms with E-state index in [4.69, 9.17) is 15.1 Å². The predicted molar refractivity (Wildman–Crippen MR) is 158 cm³/mol. The predicted octanol–water partition coefficient (Wildman–Crippen LogP) is 6.99.